The van der Waals surface area contributed by atoms with Crippen LogP contribution in [0.1, 0.15) is 76.7 Å². The number of ether oxygens (including phenoxy) is 1. The summed E-state index contributed by atoms with van der Waals surface area (Å²) in [6, 6.07) is 4.40. The number of carbonyl (C=O) groups is 2. The van der Waals surface area contributed by atoms with Gasteiger partial charge in [0.25, 0.3) is 0 Å². The van der Waals surface area contributed by atoms with E-state index in [1.54, 1.807) is 30.6 Å². The van der Waals surface area contributed by atoms with Gasteiger partial charge in [-0.15, -0.1) is 0 Å². The Morgan fingerprint density at radius 1 is 1.28 bits per heavy atom. The number of aromatic nitrogens is 1. The highest BCUT2D eigenvalue weighted by Crippen LogP contribution is 2.33. The number of hydrogen-bond acceptors (Lipinski definition) is 6. The number of rotatable bonds is 10. The summed E-state index contributed by atoms with van der Waals surface area (Å²) in [5, 5.41) is 9.89. The van der Waals surface area contributed by atoms with E-state index in [-0.39, 0.29) is 11.4 Å². The molecule has 1 aromatic heterocycles. The SMILES string of the molecule is CC(C)(C)N.CC=CC=CC(=O)N1CCc2ccc(OCCc3coc(/C=C/CC(C)C)n3)cc2C1C(=O)O. The molecule has 1 atom stereocenters. The average molecular weight is 538 g/mol. The Labute approximate surface area is 232 Å². The van der Waals surface area contributed by atoms with E-state index in [1.807, 2.05) is 52.0 Å². The maximum absolute atomic E-state index is 12.6. The van der Waals surface area contributed by atoms with Gasteiger partial charge in [-0.2, -0.15) is 0 Å². The molecular weight excluding hydrogens is 494 g/mol. The number of hydrogen-bond donors (Lipinski definition) is 2. The second kappa shape index (κ2) is 15.1. The molecule has 8 heteroatoms. The maximum atomic E-state index is 12.6. The summed E-state index contributed by atoms with van der Waals surface area (Å²) in [6.07, 6.45) is 14.2. The van der Waals surface area contributed by atoms with Crippen molar-refractivity contribution in [3.8, 4) is 5.75 Å². The van der Waals surface area contributed by atoms with Crippen LogP contribution in [0.5, 0.6) is 5.75 Å². The van der Waals surface area contributed by atoms with Gasteiger partial charge < -0.3 is 24.9 Å². The first-order valence-corrected chi connectivity index (χ1v) is 13.4. The van der Waals surface area contributed by atoms with Gasteiger partial charge in [0.05, 0.1) is 12.3 Å². The van der Waals surface area contributed by atoms with Crippen LogP contribution in [-0.2, 0) is 22.4 Å². The molecule has 0 aliphatic carbocycles. The van der Waals surface area contributed by atoms with Crippen LogP contribution in [0.4, 0.5) is 0 Å². The molecule has 1 amide bonds. The van der Waals surface area contributed by atoms with Crippen LogP contribution in [0.25, 0.3) is 6.08 Å². The van der Waals surface area contributed by atoms with Crippen LogP contribution in [-0.4, -0.2) is 45.6 Å². The van der Waals surface area contributed by atoms with Crippen LogP contribution in [0.3, 0.4) is 0 Å². The number of carbonyl (C=O) groups excluding carboxylic acids is 1. The fourth-order valence-corrected chi connectivity index (χ4v) is 3.76. The Morgan fingerprint density at radius 3 is 2.64 bits per heavy atom. The molecule has 1 aliphatic heterocycles. The number of nitrogens with zero attached hydrogens (tertiary/aromatic N) is 2. The number of nitrogens with two attached hydrogens (primary N) is 1. The van der Waals surface area contributed by atoms with Crippen LogP contribution in [0.2, 0.25) is 0 Å². The Bertz CT molecular complexity index is 1170. The summed E-state index contributed by atoms with van der Waals surface area (Å²) < 4.78 is 11.3. The zero-order chi connectivity index (χ0) is 29.0. The maximum Gasteiger partial charge on any atom is 0.331 e. The summed E-state index contributed by atoms with van der Waals surface area (Å²) in [5.74, 6) is 0.320. The zero-order valence-corrected chi connectivity index (χ0v) is 24.0. The predicted octanol–water partition coefficient (Wildman–Crippen LogP) is 5.74. The van der Waals surface area contributed by atoms with Crippen LogP contribution in [0, 0.1) is 5.92 Å². The quantitative estimate of drug-likeness (QED) is 0.293. The molecule has 1 aromatic carbocycles. The van der Waals surface area contributed by atoms with Gasteiger partial charge in [-0.25, -0.2) is 9.78 Å². The van der Waals surface area contributed by atoms with Gasteiger partial charge in [-0.1, -0.05) is 44.2 Å². The van der Waals surface area contributed by atoms with Crippen molar-refractivity contribution in [1.29, 1.82) is 0 Å². The summed E-state index contributed by atoms with van der Waals surface area (Å²) in [7, 11) is 0. The molecule has 0 radical (unpaired) electrons. The molecular formula is C31H43N3O5. The molecule has 39 heavy (non-hydrogen) atoms. The van der Waals surface area contributed by atoms with E-state index in [9.17, 15) is 14.7 Å². The van der Waals surface area contributed by atoms with Crippen LogP contribution < -0.4 is 10.5 Å². The molecule has 3 rings (SSSR count). The molecule has 0 saturated heterocycles. The Hall–Kier alpha value is -3.65. The van der Waals surface area contributed by atoms with Crippen LogP contribution >= 0.6 is 0 Å². The molecule has 1 unspecified atom stereocenters. The molecule has 0 spiro atoms. The predicted molar refractivity (Wildman–Crippen MR) is 154 cm³/mol. The van der Waals surface area contributed by atoms with E-state index < -0.39 is 12.0 Å². The van der Waals surface area contributed by atoms with E-state index in [0.717, 1.165) is 17.7 Å². The highest BCUT2D eigenvalue weighted by atomic mass is 16.5. The van der Waals surface area contributed by atoms with Crippen molar-refractivity contribution in [1.82, 2.24) is 9.88 Å². The van der Waals surface area contributed by atoms with Gasteiger partial charge in [0.1, 0.15) is 12.0 Å². The number of oxazole rings is 1. The molecule has 0 bridgehead atoms. The molecule has 8 nitrogen and oxygen atoms in total. The molecule has 0 saturated carbocycles. The Morgan fingerprint density at radius 2 is 2.00 bits per heavy atom. The first-order valence-electron chi connectivity index (χ1n) is 13.4. The van der Waals surface area contributed by atoms with Gasteiger partial charge >= 0.3 is 5.97 Å². The van der Waals surface area contributed by atoms with E-state index in [1.165, 1.54) is 11.0 Å². The van der Waals surface area contributed by atoms with Gasteiger partial charge in [-0.05, 0) is 75.8 Å². The second-order valence-corrected chi connectivity index (χ2v) is 10.9. The van der Waals surface area contributed by atoms with Gasteiger partial charge in [0.2, 0.25) is 11.8 Å². The molecule has 3 N–H and O–H groups in total. The lowest BCUT2D eigenvalue weighted by atomic mass is 9.92. The number of carboxylic acids is 1. The smallest absolute Gasteiger partial charge is 0.331 e. The average Bonchev–Trinajstić information content (AvgIpc) is 3.29. The fraction of sp³-hybridized carbons (Fsp3) is 0.452. The summed E-state index contributed by atoms with van der Waals surface area (Å²) in [6.45, 7) is 12.8. The van der Waals surface area contributed by atoms with Crippen molar-refractivity contribution in [2.75, 3.05) is 13.2 Å². The fourth-order valence-electron chi connectivity index (χ4n) is 3.76. The summed E-state index contributed by atoms with van der Waals surface area (Å²) in [4.78, 5) is 30.5. The van der Waals surface area contributed by atoms with Crippen molar-refractivity contribution >= 4 is 18.0 Å². The molecule has 212 valence electrons. The normalized spacial score (nSPS) is 15.6. The van der Waals surface area contributed by atoms with Crippen molar-refractivity contribution in [2.24, 2.45) is 11.7 Å². The minimum atomic E-state index is -1.06. The molecule has 2 aromatic rings. The van der Waals surface area contributed by atoms with E-state index in [0.29, 0.717) is 49.1 Å². The zero-order valence-electron chi connectivity index (χ0n) is 24.0. The minimum absolute atomic E-state index is 0. The third kappa shape index (κ3) is 11.3. The molecule has 1 aliphatic rings. The van der Waals surface area contributed by atoms with Crippen LogP contribution in [0.15, 0.2) is 59.3 Å². The topological polar surface area (TPSA) is 119 Å². The first-order chi connectivity index (χ1) is 18.4. The minimum Gasteiger partial charge on any atom is -0.493 e. The van der Waals surface area contributed by atoms with E-state index >= 15 is 0 Å². The number of allylic oxidation sites excluding steroid dienone is 4. The van der Waals surface area contributed by atoms with Crippen molar-refractivity contribution < 1.29 is 23.8 Å². The summed E-state index contributed by atoms with van der Waals surface area (Å²) in [5.41, 5.74) is 7.64. The third-order valence-corrected chi connectivity index (χ3v) is 5.47. The Balaban J connectivity index is 0.000000976. The van der Waals surface area contributed by atoms with Crippen molar-refractivity contribution in [3.63, 3.8) is 0 Å². The number of aliphatic carboxylic acids is 1. The summed E-state index contributed by atoms with van der Waals surface area (Å²) >= 11 is 0. The number of benzene rings is 1. The standard InChI is InChI=1S/C27H32N2O5.C4H11N/c1-4-5-6-10-25(30)29-15-13-20-11-12-22(17-23(20)26(29)27(31)32)33-16-14-21-18-34-24(28-21)9-7-8-19(2)3;1-4(2,3)5/h4-7,9-12,17-19,26H,8,13-16H2,1-3H3,(H,31,32);5H2,1-3H3/b5-4?,9-7+,10-6?;. The third-order valence-electron chi connectivity index (χ3n) is 5.47. The largest absolute Gasteiger partial charge is 0.493 e. The number of amides is 1. The molecule has 2 heterocycles. The highest BCUT2D eigenvalue weighted by Gasteiger charge is 2.35. The highest BCUT2D eigenvalue weighted by molar-refractivity contribution is 5.92. The van der Waals surface area contributed by atoms with Crippen molar-refractivity contribution in [3.05, 3.63) is 77.6 Å². The number of carboxylic acid groups (broad SMARTS) is 1. The van der Waals surface area contributed by atoms with E-state index in [4.69, 9.17) is 14.9 Å². The van der Waals surface area contributed by atoms with E-state index in [2.05, 4.69) is 18.8 Å². The number of fused-ring (bicyclic) bond motifs is 1. The van der Waals surface area contributed by atoms with Gasteiger partial charge in [0.15, 0.2) is 6.04 Å². The second-order valence-electron chi connectivity index (χ2n) is 10.9. The Kier molecular flexibility index (Phi) is 12.2. The van der Waals surface area contributed by atoms with Crippen molar-refractivity contribution in [2.45, 2.75) is 72.4 Å². The molecule has 0 fully saturated rings. The van der Waals surface area contributed by atoms with Gasteiger partial charge in [-0.3, -0.25) is 4.79 Å². The monoisotopic (exact) mass is 537 g/mol. The lowest BCUT2D eigenvalue weighted by molar-refractivity contribution is -0.149. The lowest BCUT2D eigenvalue weighted by Crippen LogP contribution is -2.42. The first kappa shape index (κ1) is 31.6. The lowest BCUT2D eigenvalue weighted by Gasteiger charge is -2.34. The van der Waals surface area contributed by atoms with Gasteiger partial charge in [0, 0.05) is 24.6 Å².